The lowest BCUT2D eigenvalue weighted by molar-refractivity contribution is 0.102. The number of aryl methyl sites for hydroxylation is 1. The summed E-state index contributed by atoms with van der Waals surface area (Å²) in [7, 11) is 0. The van der Waals surface area contributed by atoms with Crippen molar-refractivity contribution in [3.05, 3.63) is 75.5 Å². The summed E-state index contributed by atoms with van der Waals surface area (Å²) >= 11 is 11.9. The minimum atomic E-state index is -0.307. The number of aromatic nitrogens is 2. The van der Waals surface area contributed by atoms with Gasteiger partial charge in [-0.25, -0.2) is 9.97 Å². The van der Waals surface area contributed by atoms with Crippen molar-refractivity contribution in [3.8, 4) is 0 Å². The average Bonchev–Trinajstić information content (AvgIpc) is 2.62. The zero-order valence-corrected chi connectivity index (χ0v) is 15.7. The number of benzene rings is 2. The average molecular weight is 387 g/mol. The van der Waals surface area contributed by atoms with Crippen LogP contribution in [0, 0.1) is 13.8 Å². The third-order valence-corrected chi connectivity index (χ3v) is 4.66. The lowest BCUT2D eigenvalue weighted by Crippen LogP contribution is -2.15. The molecule has 0 bridgehead atoms. The van der Waals surface area contributed by atoms with Gasteiger partial charge < -0.3 is 10.6 Å². The summed E-state index contributed by atoms with van der Waals surface area (Å²) in [6.45, 7) is 3.96. The van der Waals surface area contributed by atoms with Crippen LogP contribution in [0.25, 0.3) is 0 Å². The van der Waals surface area contributed by atoms with Gasteiger partial charge in [-0.2, -0.15) is 0 Å². The van der Waals surface area contributed by atoms with E-state index in [9.17, 15) is 4.79 Å². The van der Waals surface area contributed by atoms with Crippen LogP contribution in [-0.2, 0) is 0 Å². The number of amides is 1. The SMILES string of the molecule is Cc1cccc(NC(=O)c2ccnc(Nc3ccc(Cl)c(Cl)c3)n2)c1C. The van der Waals surface area contributed by atoms with Gasteiger partial charge in [0.25, 0.3) is 5.91 Å². The van der Waals surface area contributed by atoms with Crippen LogP contribution in [0.15, 0.2) is 48.7 Å². The highest BCUT2D eigenvalue weighted by atomic mass is 35.5. The van der Waals surface area contributed by atoms with Crippen LogP contribution >= 0.6 is 23.2 Å². The Morgan fingerprint density at radius 1 is 1.04 bits per heavy atom. The van der Waals surface area contributed by atoms with Crippen molar-refractivity contribution in [2.45, 2.75) is 13.8 Å². The zero-order valence-electron chi connectivity index (χ0n) is 14.2. The molecule has 132 valence electrons. The molecule has 1 aromatic heterocycles. The molecule has 0 saturated heterocycles. The van der Waals surface area contributed by atoms with E-state index < -0.39 is 0 Å². The van der Waals surface area contributed by atoms with Crippen molar-refractivity contribution in [3.63, 3.8) is 0 Å². The first kappa shape index (κ1) is 18.2. The number of carbonyl (C=O) groups excluding carboxylic acids is 1. The van der Waals surface area contributed by atoms with E-state index in [4.69, 9.17) is 23.2 Å². The predicted molar refractivity (Wildman–Crippen MR) is 106 cm³/mol. The number of carbonyl (C=O) groups is 1. The molecule has 5 nitrogen and oxygen atoms in total. The maximum atomic E-state index is 12.5. The van der Waals surface area contributed by atoms with Gasteiger partial charge in [0, 0.05) is 17.6 Å². The molecule has 0 saturated carbocycles. The van der Waals surface area contributed by atoms with Crippen molar-refractivity contribution >= 4 is 46.4 Å². The van der Waals surface area contributed by atoms with Crippen molar-refractivity contribution in [2.24, 2.45) is 0 Å². The summed E-state index contributed by atoms with van der Waals surface area (Å²) in [5.41, 5.74) is 3.80. The fraction of sp³-hybridized carbons (Fsp3) is 0.105. The molecule has 0 spiro atoms. The maximum absolute atomic E-state index is 12.5. The predicted octanol–water partition coefficient (Wildman–Crippen LogP) is 5.40. The molecule has 0 unspecified atom stereocenters. The smallest absolute Gasteiger partial charge is 0.274 e. The van der Waals surface area contributed by atoms with Crippen molar-refractivity contribution < 1.29 is 4.79 Å². The van der Waals surface area contributed by atoms with E-state index in [0.717, 1.165) is 16.8 Å². The Hall–Kier alpha value is -2.63. The molecule has 3 rings (SSSR count). The highest BCUT2D eigenvalue weighted by molar-refractivity contribution is 6.42. The Labute approximate surface area is 161 Å². The Kier molecular flexibility index (Phi) is 5.40. The van der Waals surface area contributed by atoms with E-state index in [2.05, 4.69) is 20.6 Å². The van der Waals surface area contributed by atoms with Gasteiger partial charge in [-0.3, -0.25) is 4.79 Å². The standard InChI is InChI=1S/C19H16Cl2N4O/c1-11-4-3-5-16(12(11)2)24-18(26)17-8-9-22-19(25-17)23-13-6-7-14(20)15(21)10-13/h3-10H,1-2H3,(H,24,26)(H,22,23,25). The van der Waals surface area contributed by atoms with Crippen LogP contribution in [0.5, 0.6) is 0 Å². The molecule has 2 N–H and O–H groups in total. The molecule has 0 aliphatic heterocycles. The zero-order chi connectivity index (χ0) is 18.7. The summed E-state index contributed by atoms with van der Waals surface area (Å²) in [5, 5.41) is 6.76. The molecule has 0 aliphatic carbocycles. The van der Waals surface area contributed by atoms with E-state index in [-0.39, 0.29) is 17.5 Å². The number of hydrogen-bond donors (Lipinski definition) is 2. The van der Waals surface area contributed by atoms with Gasteiger partial charge >= 0.3 is 0 Å². The van der Waals surface area contributed by atoms with E-state index >= 15 is 0 Å². The van der Waals surface area contributed by atoms with E-state index in [1.54, 1.807) is 24.3 Å². The molecule has 26 heavy (non-hydrogen) atoms. The number of nitrogens with zero attached hydrogens (tertiary/aromatic N) is 2. The van der Waals surface area contributed by atoms with Crippen LogP contribution in [0.4, 0.5) is 17.3 Å². The minimum absolute atomic E-state index is 0.253. The summed E-state index contributed by atoms with van der Waals surface area (Å²) in [6, 6.07) is 12.4. The molecule has 7 heteroatoms. The van der Waals surface area contributed by atoms with Crippen molar-refractivity contribution in [2.75, 3.05) is 10.6 Å². The van der Waals surface area contributed by atoms with Gasteiger partial charge in [-0.15, -0.1) is 0 Å². The van der Waals surface area contributed by atoms with Crippen LogP contribution in [0.2, 0.25) is 10.0 Å². The van der Waals surface area contributed by atoms with Gasteiger partial charge in [0.2, 0.25) is 5.95 Å². The van der Waals surface area contributed by atoms with Gasteiger partial charge in [0.1, 0.15) is 5.69 Å². The largest absolute Gasteiger partial charge is 0.324 e. The van der Waals surface area contributed by atoms with E-state index in [1.807, 2.05) is 32.0 Å². The Morgan fingerprint density at radius 3 is 2.62 bits per heavy atom. The first-order valence-electron chi connectivity index (χ1n) is 7.87. The highest BCUT2D eigenvalue weighted by Gasteiger charge is 2.11. The van der Waals surface area contributed by atoms with E-state index in [1.165, 1.54) is 6.20 Å². The molecule has 1 heterocycles. The molecule has 2 aromatic carbocycles. The second-order valence-electron chi connectivity index (χ2n) is 5.72. The number of hydrogen-bond acceptors (Lipinski definition) is 4. The topological polar surface area (TPSA) is 66.9 Å². The minimum Gasteiger partial charge on any atom is -0.324 e. The number of rotatable bonds is 4. The lowest BCUT2D eigenvalue weighted by atomic mass is 10.1. The molecular formula is C19H16Cl2N4O. The summed E-state index contributed by atoms with van der Waals surface area (Å²) < 4.78 is 0. The number of anilines is 3. The fourth-order valence-corrected chi connectivity index (χ4v) is 2.62. The van der Waals surface area contributed by atoms with Crippen molar-refractivity contribution in [1.29, 1.82) is 0 Å². The lowest BCUT2D eigenvalue weighted by Gasteiger charge is -2.11. The molecule has 0 aliphatic rings. The Morgan fingerprint density at radius 2 is 1.85 bits per heavy atom. The molecule has 3 aromatic rings. The second kappa shape index (κ2) is 7.72. The first-order valence-corrected chi connectivity index (χ1v) is 8.62. The molecular weight excluding hydrogens is 371 g/mol. The monoisotopic (exact) mass is 386 g/mol. The summed E-state index contributed by atoms with van der Waals surface area (Å²) in [5.74, 6) is -0.0182. The highest BCUT2D eigenvalue weighted by Crippen LogP contribution is 2.26. The quantitative estimate of drug-likeness (QED) is 0.629. The van der Waals surface area contributed by atoms with Crippen LogP contribution in [0.1, 0.15) is 21.6 Å². The number of halogens is 2. The molecule has 0 atom stereocenters. The molecule has 1 amide bonds. The van der Waals surface area contributed by atoms with Crippen LogP contribution in [-0.4, -0.2) is 15.9 Å². The molecule has 0 radical (unpaired) electrons. The Bertz CT molecular complexity index is 976. The number of nitrogens with one attached hydrogen (secondary N) is 2. The fourth-order valence-electron chi connectivity index (χ4n) is 2.32. The van der Waals surface area contributed by atoms with E-state index in [0.29, 0.717) is 15.7 Å². The summed E-state index contributed by atoms with van der Waals surface area (Å²) in [4.78, 5) is 20.9. The molecule has 0 fully saturated rings. The van der Waals surface area contributed by atoms with Gasteiger partial charge in [-0.1, -0.05) is 35.3 Å². The van der Waals surface area contributed by atoms with Gasteiger partial charge in [-0.05, 0) is 55.3 Å². The Balaban J connectivity index is 1.79. The van der Waals surface area contributed by atoms with Crippen LogP contribution in [0.3, 0.4) is 0 Å². The first-order chi connectivity index (χ1) is 12.4. The third-order valence-electron chi connectivity index (χ3n) is 3.92. The van der Waals surface area contributed by atoms with Gasteiger partial charge in [0.15, 0.2) is 0 Å². The maximum Gasteiger partial charge on any atom is 0.274 e. The van der Waals surface area contributed by atoms with Crippen LogP contribution < -0.4 is 10.6 Å². The van der Waals surface area contributed by atoms with Crippen molar-refractivity contribution in [1.82, 2.24) is 9.97 Å². The summed E-state index contributed by atoms with van der Waals surface area (Å²) in [6.07, 6.45) is 1.52. The second-order valence-corrected chi connectivity index (χ2v) is 6.54. The third kappa shape index (κ3) is 4.12. The normalized spacial score (nSPS) is 10.5. The van der Waals surface area contributed by atoms with Gasteiger partial charge in [0.05, 0.1) is 10.0 Å².